The number of alkyl halides is 2. The first kappa shape index (κ1) is 25.0. The van der Waals surface area contributed by atoms with Gasteiger partial charge in [0.15, 0.2) is 11.5 Å². The number of thiazole rings is 1. The lowest BCUT2D eigenvalue weighted by atomic mass is 10.1. The zero-order valence-corrected chi connectivity index (χ0v) is 20.3. The number of halogens is 3. The number of hydrogen-bond donors (Lipinski definition) is 3. The minimum Gasteiger partial charge on any atom is -0.389 e. The van der Waals surface area contributed by atoms with E-state index in [1.807, 2.05) is 18.9 Å². The van der Waals surface area contributed by atoms with Gasteiger partial charge in [-0.3, -0.25) is 4.79 Å². The first-order chi connectivity index (χ1) is 16.8. The smallest absolute Gasteiger partial charge is 0.277 e. The molecule has 1 aromatic carbocycles. The number of hydrogen-bond acceptors (Lipinski definition) is 7. The first-order valence-corrected chi connectivity index (χ1v) is 12.2. The molecular weight excluding hydrogens is 479 g/mol. The van der Waals surface area contributed by atoms with E-state index in [1.54, 1.807) is 12.1 Å². The minimum absolute atomic E-state index is 0.0513. The third-order valence-electron chi connectivity index (χ3n) is 6.03. The van der Waals surface area contributed by atoms with Crippen LogP contribution in [0.25, 0.3) is 10.6 Å². The Balaban J connectivity index is 1.62. The fraction of sp³-hybridized carbons (Fsp3) is 0.435. The van der Waals surface area contributed by atoms with Crippen molar-refractivity contribution in [3.63, 3.8) is 0 Å². The number of carbonyl (C=O) groups is 1. The average Bonchev–Trinajstić information content (AvgIpc) is 3.29. The van der Waals surface area contributed by atoms with E-state index < -0.39 is 24.7 Å². The molecule has 4 N–H and O–H groups in total. The third-order valence-corrected chi connectivity index (χ3v) is 6.95. The van der Waals surface area contributed by atoms with Crippen LogP contribution < -0.4 is 21.3 Å². The van der Waals surface area contributed by atoms with Crippen LogP contribution in [0.3, 0.4) is 0 Å². The van der Waals surface area contributed by atoms with Crippen LogP contribution in [0.4, 0.5) is 29.7 Å². The van der Waals surface area contributed by atoms with Crippen LogP contribution in [-0.4, -0.2) is 53.3 Å². The molecular formula is C23H28F3N7OS. The van der Waals surface area contributed by atoms with Crippen molar-refractivity contribution in [2.24, 2.45) is 0 Å². The van der Waals surface area contributed by atoms with Crippen LogP contribution in [0, 0.1) is 12.7 Å². The maximum atomic E-state index is 14.3. The highest BCUT2D eigenvalue weighted by Gasteiger charge is 2.26. The molecule has 0 saturated carbocycles. The molecule has 0 spiro atoms. The molecule has 0 radical (unpaired) electrons. The van der Waals surface area contributed by atoms with Crippen LogP contribution in [0.15, 0.2) is 24.4 Å². The van der Waals surface area contributed by atoms with Gasteiger partial charge in [0.25, 0.3) is 12.3 Å². The number of anilines is 3. The van der Waals surface area contributed by atoms with E-state index in [0.29, 0.717) is 30.6 Å². The van der Waals surface area contributed by atoms with Crippen molar-refractivity contribution in [2.75, 3.05) is 36.1 Å². The number of nitrogens with one attached hydrogen (secondary N) is 2. The van der Waals surface area contributed by atoms with Crippen LogP contribution >= 0.6 is 11.3 Å². The largest absolute Gasteiger partial charge is 0.389 e. The zero-order valence-electron chi connectivity index (χ0n) is 19.5. The summed E-state index contributed by atoms with van der Waals surface area (Å²) in [5.41, 5.74) is 7.41. The van der Waals surface area contributed by atoms with Crippen LogP contribution in [0.2, 0.25) is 0 Å². The van der Waals surface area contributed by atoms with E-state index in [4.69, 9.17) is 5.73 Å². The summed E-state index contributed by atoms with van der Waals surface area (Å²) in [6.07, 6.45) is 1.41. The number of benzene rings is 1. The molecule has 1 aliphatic heterocycles. The van der Waals surface area contributed by atoms with Gasteiger partial charge in [-0.2, -0.15) is 5.10 Å². The number of aromatic nitrogens is 3. The number of nitrogens with zero attached hydrogens (tertiary/aromatic N) is 4. The summed E-state index contributed by atoms with van der Waals surface area (Å²) in [4.78, 5) is 19.4. The van der Waals surface area contributed by atoms with Crippen LogP contribution in [0.5, 0.6) is 0 Å². The minimum atomic E-state index is -2.60. The number of nitrogens with two attached hydrogens (primary N) is 1. The van der Waals surface area contributed by atoms with E-state index in [9.17, 15) is 18.0 Å². The predicted molar refractivity (Wildman–Crippen MR) is 132 cm³/mol. The zero-order chi connectivity index (χ0) is 25.1. The van der Waals surface area contributed by atoms with E-state index >= 15 is 0 Å². The van der Waals surface area contributed by atoms with Gasteiger partial charge in [0.05, 0.1) is 6.20 Å². The Labute approximate surface area is 205 Å². The molecule has 0 bridgehead atoms. The SMILES string of the molecule is CN[C@@H]1CCCN(c2c(NC(=O)c3nc(-c4cc(C)ccc4F)sc3N)cnn2CC(F)F)CC1. The summed E-state index contributed by atoms with van der Waals surface area (Å²) in [6.45, 7) is 2.50. The fourth-order valence-corrected chi connectivity index (χ4v) is 5.10. The summed E-state index contributed by atoms with van der Waals surface area (Å²) in [6, 6.07) is 4.95. The quantitative estimate of drug-likeness (QED) is 0.445. The van der Waals surface area contributed by atoms with Crippen LogP contribution in [0.1, 0.15) is 35.3 Å². The summed E-state index contributed by atoms with van der Waals surface area (Å²) >= 11 is 1.01. The van der Waals surface area contributed by atoms with Gasteiger partial charge in [0.1, 0.15) is 28.1 Å². The number of carbonyl (C=O) groups excluding carboxylic acids is 1. The number of aryl methyl sites for hydroxylation is 1. The molecule has 3 heterocycles. The molecule has 1 amide bonds. The number of amides is 1. The highest BCUT2D eigenvalue weighted by Crippen LogP contribution is 2.34. The summed E-state index contributed by atoms with van der Waals surface area (Å²) in [5.74, 6) is -0.652. The van der Waals surface area contributed by atoms with Crippen molar-refractivity contribution >= 4 is 33.8 Å². The van der Waals surface area contributed by atoms with E-state index in [1.165, 1.54) is 16.9 Å². The fourth-order valence-electron chi connectivity index (χ4n) is 4.26. The molecule has 1 atom stereocenters. The van der Waals surface area contributed by atoms with Gasteiger partial charge in [-0.25, -0.2) is 22.8 Å². The summed E-state index contributed by atoms with van der Waals surface area (Å²) in [7, 11) is 1.90. The molecule has 8 nitrogen and oxygen atoms in total. The van der Waals surface area contributed by atoms with Gasteiger partial charge in [0.2, 0.25) is 0 Å². The standard InChI is InChI=1S/C23H28F3N7OS/c1-13-5-6-16(24)15(10-13)22-31-19(20(27)35-22)21(34)30-17-11-29-33(12-18(25)26)23(17)32-8-3-4-14(28-2)7-9-32/h5-6,10-11,14,18,28H,3-4,7-9,12,27H2,1-2H3,(H,30,34)/t14-/m1/s1. The van der Waals surface area contributed by atoms with E-state index in [-0.39, 0.29) is 21.3 Å². The van der Waals surface area contributed by atoms with Crippen molar-refractivity contribution in [2.45, 2.75) is 45.2 Å². The molecule has 1 saturated heterocycles. The Kier molecular flexibility index (Phi) is 7.60. The van der Waals surface area contributed by atoms with Crippen molar-refractivity contribution in [3.05, 3.63) is 41.5 Å². The molecule has 0 unspecified atom stereocenters. The van der Waals surface area contributed by atoms with Crippen molar-refractivity contribution < 1.29 is 18.0 Å². The summed E-state index contributed by atoms with van der Waals surface area (Å²) < 4.78 is 42.1. The van der Waals surface area contributed by atoms with Gasteiger partial charge < -0.3 is 21.3 Å². The molecule has 3 aromatic rings. The molecule has 12 heteroatoms. The topological polar surface area (TPSA) is 101 Å². The van der Waals surface area contributed by atoms with Crippen molar-refractivity contribution in [3.8, 4) is 10.6 Å². The molecule has 35 heavy (non-hydrogen) atoms. The molecule has 188 valence electrons. The normalized spacial score (nSPS) is 16.5. The number of rotatable bonds is 7. The van der Waals surface area contributed by atoms with Gasteiger partial charge in [-0.15, -0.1) is 0 Å². The second-order valence-corrected chi connectivity index (χ2v) is 9.56. The second-order valence-electron chi connectivity index (χ2n) is 8.53. The first-order valence-electron chi connectivity index (χ1n) is 11.4. The Morgan fingerprint density at radius 3 is 2.86 bits per heavy atom. The summed E-state index contributed by atoms with van der Waals surface area (Å²) in [5, 5.41) is 10.5. The Morgan fingerprint density at radius 2 is 2.11 bits per heavy atom. The second kappa shape index (κ2) is 10.6. The van der Waals surface area contributed by atoms with Crippen LogP contribution in [-0.2, 0) is 6.54 Å². The molecule has 4 rings (SSSR count). The lowest BCUT2D eigenvalue weighted by Crippen LogP contribution is -2.31. The average molecular weight is 508 g/mol. The Hall–Kier alpha value is -3.12. The maximum absolute atomic E-state index is 14.3. The van der Waals surface area contributed by atoms with Gasteiger partial charge in [-0.05, 0) is 45.4 Å². The van der Waals surface area contributed by atoms with Crippen molar-refractivity contribution in [1.82, 2.24) is 20.1 Å². The molecule has 2 aromatic heterocycles. The van der Waals surface area contributed by atoms with E-state index in [2.05, 4.69) is 20.7 Å². The lowest BCUT2D eigenvalue weighted by Gasteiger charge is -2.25. The highest BCUT2D eigenvalue weighted by molar-refractivity contribution is 7.19. The van der Waals surface area contributed by atoms with E-state index in [0.717, 1.165) is 36.2 Å². The monoisotopic (exact) mass is 507 g/mol. The molecule has 1 fully saturated rings. The molecule has 1 aliphatic rings. The number of nitrogen functional groups attached to an aromatic ring is 1. The molecule has 0 aliphatic carbocycles. The van der Waals surface area contributed by atoms with Gasteiger partial charge in [0, 0.05) is 24.7 Å². The maximum Gasteiger partial charge on any atom is 0.277 e. The van der Waals surface area contributed by atoms with Gasteiger partial charge >= 0.3 is 0 Å². The highest BCUT2D eigenvalue weighted by atomic mass is 32.1. The third kappa shape index (κ3) is 5.59. The Morgan fingerprint density at radius 1 is 1.31 bits per heavy atom. The lowest BCUT2D eigenvalue weighted by molar-refractivity contribution is 0.102. The Bertz CT molecular complexity index is 1200. The van der Waals surface area contributed by atoms with Crippen molar-refractivity contribution in [1.29, 1.82) is 0 Å². The predicted octanol–water partition coefficient (Wildman–Crippen LogP) is 4.13. The van der Waals surface area contributed by atoms with Gasteiger partial charge in [-0.1, -0.05) is 23.0 Å².